The van der Waals surface area contributed by atoms with Crippen molar-refractivity contribution in [2.75, 3.05) is 35.7 Å². The first-order valence-electron chi connectivity index (χ1n) is 8.86. The molecule has 1 aliphatic rings. The normalized spacial score (nSPS) is 18.4. The van der Waals surface area contributed by atoms with Crippen LogP contribution in [0.25, 0.3) is 0 Å². The van der Waals surface area contributed by atoms with Crippen molar-refractivity contribution in [3.8, 4) is 0 Å². The Bertz CT molecular complexity index is 865. The lowest BCUT2D eigenvalue weighted by Crippen LogP contribution is -2.56. The molecular formula is C19H26N4O2S. The molecule has 2 heterocycles. The van der Waals surface area contributed by atoms with Crippen LogP contribution in [0.15, 0.2) is 41.6 Å². The molecule has 0 spiro atoms. The second-order valence-corrected chi connectivity index (χ2v) is 9.25. The van der Waals surface area contributed by atoms with Crippen LogP contribution in [0.5, 0.6) is 0 Å². The molecule has 0 aliphatic carbocycles. The molecule has 6 nitrogen and oxygen atoms in total. The summed E-state index contributed by atoms with van der Waals surface area (Å²) in [6.45, 7) is 8.80. The summed E-state index contributed by atoms with van der Waals surface area (Å²) in [5, 5.41) is 0. The van der Waals surface area contributed by atoms with E-state index in [0.717, 1.165) is 36.8 Å². The second kappa shape index (κ2) is 7.23. The molecule has 0 radical (unpaired) electrons. The number of sulfone groups is 1. The summed E-state index contributed by atoms with van der Waals surface area (Å²) in [6.07, 6.45) is 4.89. The molecule has 0 unspecified atom stereocenters. The predicted molar refractivity (Wildman–Crippen MR) is 105 cm³/mol. The molecule has 0 N–H and O–H groups in total. The third-order valence-corrected chi connectivity index (χ3v) is 5.97. The molecule has 1 fully saturated rings. The fraction of sp³-hybridized carbons (Fsp3) is 0.474. The van der Waals surface area contributed by atoms with Crippen molar-refractivity contribution in [1.29, 1.82) is 0 Å². The Morgan fingerprint density at radius 3 is 2.54 bits per heavy atom. The number of anilines is 2. The van der Waals surface area contributed by atoms with Gasteiger partial charge in [-0.25, -0.2) is 13.4 Å². The van der Waals surface area contributed by atoms with E-state index in [4.69, 9.17) is 0 Å². The lowest BCUT2D eigenvalue weighted by atomic mass is 9.99. The number of hydrogen-bond acceptors (Lipinski definition) is 6. The highest BCUT2D eigenvalue weighted by molar-refractivity contribution is 7.90. The van der Waals surface area contributed by atoms with E-state index in [-0.39, 0.29) is 6.04 Å². The molecule has 0 amide bonds. The zero-order valence-corrected chi connectivity index (χ0v) is 16.6. The predicted octanol–water partition coefficient (Wildman–Crippen LogP) is 2.54. The zero-order chi connectivity index (χ0) is 18.9. The molecular weight excluding hydrogens is 348 g/mol. The van der Waals surface area contributed by atoms with Crippen LogP contribution in [0, 0.1) is 12.8 Å². The molecule has 7 heteroatoms. The highest BCUT2D eigenvalue weighted by atomic mass is 32.2. The fourth-order valence-electron chi connectivity index (χ4n) is 3.34. The van der Waals surface area contributed by atoms with Gasteiger partial charge in [-0.3, -0.25) is 4.98 Å². The summed E-state index contributed by atoms with van der Waals surface area (Å²) in [4.78, 5) is 13.9. The molecule has 2 aromatic rings. The number of nitrogens with zero attached hydrogens (tertiary/aromatic N) is 4. The number of aromatic nitrogens is 2. The van der Waals surface area contributed by atoms with E-state index in [1.165, 1.54) is 6.26 Å². The monoisotopic (exact) mass is 374 g/mol. The van der Waals surface area contributed by atoms with E-state index in [1.807, 2.05) is 25.3 Å². The van der Waals surface area contributed by atoms with Gasteiger partial charge in [-0.05, 0) is 31.0 Å². The molecule has 140 valence electrons. The smallest absolute Gasteiger partial charge is 0.175 e. The Morgan fingerprint density at radius 2 is 1.92 bits per heavy atom. The van der Waals surface area contributed by atoms with Gasteiger partial charge in [-0.2, -0.15) is 0 Å². The topological polar surface area (TPSA) is 66.4 Å². The average Bonchev–Trinajstić information content (AvgIpc) is 2.61. The van der Waals surface area contributed by atoms with Gasteiger partial charge in [0.1, 0.15) is 5.82 Å². The molecule has 0 bridgehead atoms. The Morgan fingerprint density at radius 1 is 1.15 bits per heavy atom. The summed E-state index contributed by atoms with van der Waals surface area (Å²) in [6, 6.07) is 7.49. The minimum absolute atomic E-state index is 0.280. The lowest BCUT2D eigenvalue weighted by molar-refractivity contribution is 0.416. The first kappa shape index (κ1) is 18.6. The summed E-state index contributed by atoms with van der Waals surface area (Å²) in [5.74, 6) is 1.33. The van der Waals surface area contributed by atoms with E-state index in [2.05, 4.69) is 33.6 Å². The van der Waals surface area contributed by atoms with Gasteiger partial charge in [-0.1, -0.05) is 19.9 Å². The highest BCUT2D eigenvalue weighted by Gasteiger charge is 2.30. The van der Waals surface area contributed by atoms with E-state index in [9.17, 15) is 8.42 Å². The maximum atomic E-state index is 11.9. The van der Waals surface area contributed by atoms with E-state index >= 15 is 0 Å². The standard InChI is InChI=1S/C19H26N4O2S/c1-14(2)18-13-22(16-6-5-7-17(10-16)26(4,24)25)8-9-23(18)19-12-20-15(3)11-21-19/h5-7,10-12,14,18H,8-9,13H2,1-4H3/t18-/m0/s1. The van der Waals surface area contributed by atoms with Crippen LogP contribution in [0.3, 0.4) is 0 Å². The molecule has 1 aromatic carbocycles. The number of rotatable bonds is 4. The van der Waals surface area contributed by atoms with Crippen LogP contribution in [-0.4, -0.2) is 50.3 Å². The van der Waals surface area contributed by atoms with Gasteiger partial charge in [0.05, 0.1) is 29.0 Å². The molecule has 1 atom stereocenters. The van der Waals surface area contributed by atoms with Crippen molar-refractivity contribution >= 4 is 21.3 Å². The molecule has 3 rings (SSSR count). The van der Waals surface area contributed by atoms with Crippen LogP contribution in [-0.2, 0) is 9.84 Å². The van der Waals surface area contributed by atoms with Crippen molar-refractivity contribution < 1.29 is 8.42 Å². The van der Waals surface area contributed by atoms with E-state index in [0.29, 0.717) is 10.8 Å². The van der Waals surface area contributed by atoms with Crippen LogP contribution < -0.4 is 9.80 Å². The van der Waals surface area contributed by atoms with Gasteiger partial charge < -0.3 is 9.80 Å². The fourth-order valence-corrected chi connectivity index (χ4v) is 4.01. The summed E-state index contributed by atoms with van der Waals surface area (Å²) in [7, 11) is -3.21. The van der Waals surface area contributed by atoms with Gasteiger partial charge in [0, 0.05) is 31.6 Å². The third kappa shape index (κ3) is 3.98. The quantitative estimate of drug-likeness (QED) is 0.819. The van der Waals surface area contributed by atoms with Crippen molar-refractivity contribution in [2.45, 2.75) is 31.7 Å². The highest BCUT2D eigenvalue weighted by Crippen LogP contribution is 2.27. The third-order valence-electron chi connectivity index (χ3n) is 4.86. The number of hydrogen-bond donors (Lipinski definition) is 0. The number of benzene rings is 1. The summed E-state index contributed by atoms with van der Waals surface area (Å²) < 4.78 is 23.7. The zero-order valence-electron chi connectivity index (χ0n) is 15.8. The van der Waals surface area contributed by atoms with Gasteiger partial charge in [0.15, 0.2) is 9.84 Å². The first-order valence-corrected chi connectivity index (χ1v) is 10.7. The minimum atomic E-state index is -3.21. The average molecular weight is 375 g/mol. The van der Waals surface area contributed by atoms with Crippen molar-refractivity contribution in [3.63, 3.8) is 0 Å². The maximum Gasteiger partial charge on any atom is 0.175 e. The van der Waals surface area contributed by atoms with Crippen LogP contribution in [0.1, 0.15) is 19.5 Å². The molecule has 1 saturated heterocycles. The van der Waals surface area contributed by atoms with E-state index in [1.54, 1.807) is 18.3 Å². The Kier molecular flexibility index (Phi) is 5.18. The Hall–Kier alpha value is -2.15. The van der Waals surface area contributed by atoms with Crippen molar-refractivity contribution in [1.82, 2.24) is 9.97 Å². The van der Waals surface area contributed by atoms with Gasteiger partial charge in [-0.15, -0.1) is 0 Å². The Labute approximate surface area is 155 Å². The van der Waals surface area contributed by atoms with Crippen LogP contribution >= 0.6 is 0 Å². The van der Waals surface area contributed by atoms with E-state index < -0.39 is 9.84 Å². The van der Waals surface area contributed by atoms with Crippen molar-refractivity contribution in [2.24, 2.45) is 5.92 Å². The molecule has 1 aliphatic heterocycles. The van der Waals surface area contributed by atoms with Crippen LogP contribution in [0.2, 0.25) is 0 Å². The molecule has 1 aromatic heterocycles. The van der Waals surface area contributed by atoms with Gasteiger partial charge in [0.25, 0.3) is 0 Å². The maximum absolute atomic E-state index is 11.9. The summed E-state index contributed by atoms with van der Waals surface area (Å²) in [5.41, 5.74) is 1.86. The van der Waals surface area contributed by atoms with Gasteiger partial charge in [0.2, 0.25) is 0 Å². The molecule has 26 heavy (non-hydrogen) atoms. The number of aryl methyl sites for hydroxylation is 1. The lowest BCUT2D eigenvalue weighted by Gasteiger charge is -2.45. The van der Waals surface area contributed by atoms with Crippen molar-refractivity contribution in [3.05, 3.63) is 42.4 Å². The van der Waals surface area contributed by atoms with Crippen LogP contribution in [0.4, 0.5) is 11.5 Å². The number of piperazine rings is 1. The summed E-state index contributed by atoms with van der Waals surface area (Å²) >= 11 is 0. The van der Waals surface area contributed by atoms with Gasteiger partial charge >= 0.3 is 0 Å². The molecule has 0 saturated carbocycles. The Balaban J connectivity index is 1.85. The second-order valence-electron chi connectivity index (χ2n) is 7.24. The first-order chi connectivity index (χ1) is 12.3. The largest absolute Gasteiger partial charge is 0.368 e. The SMILES string of the molecule is Cc1cnc(N2CCN(c3cccc(S(C)(=O)=O)c3)C[C@H]2C(C)C)cn1. The minimum Gasteiger partial charge on any atom is -0.368 e.